The van der Waals surface area contributed by atoms with Crippen LogP contribution in [0.3, 0.4) is 0 Å². The van der Waals surface area contributed by atoms with Crippen molar-refractivity contribution in [3.05, 3.63) is 52.8 Å². The highest BCUT2D eigenvalue weighted by atomic mass is 16.3. The number of rotatable bonds is 5. The van der Waals surface area contributed by atoms with E-state index >= 15 is 0 Å². The number of aliphatic hydroxyl groups is 1. The van der Waals surface area contributed by atoms with Gasteiger partial charge in [0.25, 0.3) is 0 Å². The number of hydrogen-bond donors (Lipinski definition) is 2. The standard InChI is InChI=1S/C17H23N3O/c1-13-5-2-3-6-14(13)11-18-16-7-4-8-17-15(16)12-19-20(17)9-10-21/h2-3,5-6,12,16,18,21H,4,7-11H2,1H3. The first kappa shape index (κ1) is 14.3. The summed E-state index contributed by atoms with van der Waals surface area (Å²) in [7, 11) is 0. The van der Waals surface area contributed by atoms with Crippen molar-refractivity contribution < 1.29 is 5.11 Å². The third-order valence-electron chi connectivity index (χ3n) is 4.37. The van der Waals surface area contributed by atoms with Gasteiger partial charge in [-0.15, -0.1) is 0 Å². The Labute approximate surface area is 125 Å². The van der Waals surface area contributed by atoms with Crippen LogP contribution in [0.15, 0.2) is 30.5 Å². The average molecular weight is 285 g/mol. The SMILES string of the molecule is Cc1ccccc1CNC1CCCc2c1cnn2CCO. The van der Waals surface area contributed by atoms with Gasteiger partial charge in [0.15, 0.2) is 0 Å². The molecular weight excluding hydrogens is 262 g/mol. The molecular formula is C17H23N3O. The second kappa shape index (κ2) is 6.41. The summed E-state index contributed by atoms with van der Waals surface area (Å²) in [6, 6.07) is 8.89. The lowest BCUT2D eigenvalue weighted by Gasteiger charge is -2.24. The molecule has 112 valence electrons. The van der Waals surface area contributed by atoms with Crippen molar-refractivity contribution in [1.29, 1.82) is 0 Å². The van der Waals surface area contributed by atoms with Gasteiger partial charge in [-0.3, -0.25) is 4.68 Å². The summed E-state index contributed by atoms with van der Waals surface area (Å²) in [5.74, 6) is 0. The van der Waals surface area contributed by atoms with Crippen molar-refractivity contribution in [2.45, 2.75) is 45.3 Å². The molecule has 3 rings (SSSR count). The lowest BCUT2D eigenvalue weighted by atomic mass is 9.92. The van der Waals surface area contributed by atoms with Crippen molar-refractivity contribution >= 4 is 0 Å². The molecule has 0 radical (unpaired) electrons. The molecule has 1 aliphatic rings. The van der Waals surface area contributed by atoms with Gasteiger partial charge in [-0.25, -0.2) is 0 Å². The lowest BCUT2D eigenvalue weighted by molar-refractivity contribution is 0.266. The van der Waals surface area contributed by atoms with Gasteiger partial charge in [-0.1, -0.05) is 24.3 Å². The van der Waals surface area contributed by atoms with Gasteiger partial charge in [-0.05, 0) is 37.3 Å². The van der Waals surface area contributed by atoms with E-state index in [9.17, 15) is 0 Å². The number of nitrogens with one attached hydrogen (secondary N) is 1. The van der Waals surface area contributed by atoms with E-state index in [1.54, 1.807) is 0 Å². The Balaban J connectivity index is 1.72. The molecule has 0 amide bonds. The van der Waals surface area contributed by atoms with E-state index in [0.29, 0.717) is 12.6 Å². The van der Waals surface area contributed by atoms with Gasteiger partial charge < -0.3 is 10.4 Å². The molecule has 1 heterocycles. The van der Waals surface area contributed by atoms with Crippen LogP contribution in [0.5, 0.6) is 0 Å². The average Bonchev–Trinajstić information content (AvgIpc) is 2.91. The number of fused-ring (bicyclic) bond motifs is 1. The van der Waals surface area contributed by atoms with E-state index < -0.39 is 0 Å². The van der Waals surface area contributed by atoms with Crippen LogP contribution in [0.2, 0.25) is 0 Å². The number of benzene rings is 1. The number of nitrogens with zero attached hydrogens (tertiary/aromatic N) is 2. The molecule has 1 unspecified atom stereocenters. The number of aryl methyl sites for hydroxylation is 1. The molecule has 1 aromatic heterocycles. The van der Waals surface area contributed by atoms with Crippen LogP contribution in [0, 0.1) is 6.92 Å². The summed E-state index contributed by atoms with van der Waals surface area (Å²) >= 11 is 0. The van der Waals surface area contributed by atoms with Crippen LogP contribution in [-0.4, -0.2) is 21.5 Å². The highest BCUT2D eigenvalue weighted by molar-refractivity contribution is 5.27. The first-order chi connectivity index (χ1) is 10.3. The van der Waals surface area contributed by atoms with Gasteiger partial charge in [0.2, 0.25) is 0 Å². The molecule has 4 heteroatoms. The van der Waals surface area contributed by atoms with E-state index in [4.69, 9.17) is 5.11 Å². The summed E-state index contributed by atoms with van der Waals surface area (Å²) in [5, 5.41) is 17.2. The van der Waals surface area contributed by atoms with E-state index in [0.717, 1.165) is 19.4 Å². The predicted molar refractivity (Wildman–Crippen MR) is 83.0 cm³/mol. The molecule has 0 saturated carbocycles. The largest absolute Gasteiger partial charge is 0.394 e. The monoisotopic (exact) mass is 285 g/mol. The minimum absolute atomic E-state index is 0.148. The van der Waals surface area contributed by atoms with Gasteiger partial charge in [-0.2, -0.15) is 5.10 Å². The van der Waals surface area contributed by atoms with E-state index in [1.165, 1.54) is 28.8 Å². The Hall–Kier alpha value is -1.65. The zero-order valence-electron chi connectivity index (χ0n) is 12.5. The summed E-state index contributed by atoms with van der Waals surface area (Å²) in [4.78, 5) is 0. The highest BCUT2D eigenvalue weighted by Crippen LogP contribution is 2.29. The number of hydrogen-bond acceptors (Lipinski definition) is 3. The summed E-state index contributed by atoms with van der Waals surface area (Å²) in [6.07, 6.45) is 5.37. The third-order valence-corrected chi connectivity index (χ3v) is 4.37. The molecule has 0 aliphatic heterocycles. The molecule has 21 heavy (non-hydrogen) atoms. The molecule has 0 bridgehead atoms. The van der Waals surface area contributed by atoms with Crippen molar-refractivity contribution in [2.75, 3.05) is 6.61 Å². The Bertz CT molecular complexity index is 606. The molecule has 1 aliphatic carbocycles. The minimum Gasteiger partial charge on any atom is -0.394 e. The van der Waals surface area contributed by atoms with Gasteiger partial charge >= 0.3 is 0 Å². The van der Waals surface area contributed by atoms with Crippen molar-refractivity contribution in [2.24, 2.45) is 0 Å². The molecule has 1 aromatic carbocycles. The van der Waals surface area contributed by atoms with E-state index in [2.05, 4.69) is 41.6 Å². The molecule has 1 atom stereocenters. The second-order valence-corrected chi connectivity index (χ2v) is 5.75. The smallest absolute Gasteiger partial charge is 0.0644 e. The van der Waals surface area contributed by atoms with Crippen LogP contribution >= 0.6 is 0 Å². The maximum Gasteiger partial charge on any atom is 0.0644 e. The van der Waals surface area contributed by atoms with Gasteiger partial charge in [0.1, 0.15) is 0 Å². The quantitative estimate of drug-likeness (QED) is 0.886. The Morgan fingerprint density at radius 2 is 2.24 bits per heavy atom. The zero-order chi connectivity index (χ0) is 14.7. The predicted octanol–water partition coefficient (Wildman–Crippen LogP) is 2.35. The first-order valence-corrected chi connectivity index (χ1v) is 7.73. The van der Waals surface area contributed by atoms with Crippen LogP contribution in [-0.2, 0) is 19.5 Å². The van der Waals surface area contributed by atoms with E-state index in [-0.39, 0.29) is 6.61 Å². The van der Waals surface area contributed by atoms with Crippen molar-refractivity contribution in [1.82, 2.24) is 15.1 Å². The van der Waals surface area contributed by atoms with Gasteiger partial charge in [0.05, 0.1) is 19.3 Å². The fourth-order valence-electron chi connectivity index (χ4n) is 3.16. The van der Waals surface area contributed by atoms with Gasteiger partial charge in [0, 0.05) is 23.8 Å². The summed E-state index contributed by atoms with van der Waals surface area (Å²) in [6.45, 7) is 3.79. The minimum atomic E-state index is 0.148. The fraction of sp³-hybridized carbons (Fsp3) is 0.471. The molecule has 0 spiro atoms. The van der Waals surface area contributed by atoms with Crippen molar-refractivity contribution in [3.8, 4) is 0 Å². The molecule has 0 fully saturated rings. The summed E-state index contributed by atoms with van der Waals surface area (Å²) < 4.78 is 1.96. The normalized spacial score (nSPS) is 17.7. The molecule has 2 aromatic rings. The molecule has 0 saturated heterocycles. The lowest BCUT2D eigenvalue weighted by Crippen LogP contribution is -2.25. The Morgan fingerprint density at radius 1 is 1.38 bits per heavy atom. The zero-order valence-corrected chi connectivity index (χ0v) is 12.5. The van der Waals surface area contributed by atoms with E-state index in [1.807, 2.05) is 10.9 Å². The van der Waals surface area contributed by atoms with Crippen LogP contribution in [0.25, 0.3) is 0 Å². The molecule has 2 N–H and O–H groups in total. The topological polar surface area (TPSA) is 50.1 Å². The first-order valence-electron chi connectivity index (χ1n) is 7.73. The maximum atomic E-state index is 9.11. The molecule has 4 nitrogen and oxygen atoms in total. The highest BCUT2D eigenvalue weighted by Gasteiger charge is 2.23. The fourth-order valence-corrected chi connectivity index (χ4v) is 3.16. The third kappa shape index (κ3) is 3.01. The maximum absolute atomic E-state index is 9.11. The van der Waals surface area contributed by atoms with Crippen molar-refractivity contribution in [3.63, 3.8) is 0 Å². The van der Waals surface area contributed by atoms with Crippen LogP contribution < -0.4 is 5.32 Å². The van der Waals surface area contributed by atoms with Crippen LogP contribution in [0.4, 0.5) is 0 Å². The summed E-state index contributed by atoms with van der Waals surface area (Å²) in [5.41, 5.74) is 5.28. The van der Waals surface area contributed by atoms with Crippen LogP contribution in [0.1, 0.15) is 41.3 Å². The Morgan fingerprint density at radius 3 is 3.05 bits per heavy atom. The second-order valence-electron chi connectivity index (χ2n) is 5.75. The number of aromatic nitrogens is 2. The Kier molecular flexibility index (Phi) is 4.36. The number of aliphatic hydroxyl groups excluding tert-OH is 1.